The summed E-state index contributed by atoms with van der Waals surface area (Å²) in [5.74, 6) is -0.235. The molecule has 0 heterocycles. The van der Waals surface area contributed by atoms with Gasteiger partial charge in [0, 0.05) is 6.54 Å². The Morgan fingerprint density at radius 2 is 1.94 bits per heavy atom. The zero-order valence-electron chi connectivity index (χ0n) is 11.3. The Morgan fingerprint density at radius 1 is 1.28 bits per heavy atom. The van der Waals surface area contributed by atoms with Crippen LogP contribution in [0.1, 0.15) is 29.8 Å². The van der Waals surface area contributed by atoms with Crippen LogP contribution in [0.4, 0.5) is 0 Å². The second-order valence-corrected chi connectivity index (χ2v) is 4.03. The summed E-state index contributed by atoms with van der Waals surface area (Å²) in [7, 11) is 0. The van der Waals surface area contributed by atoms with E-state index in [1.807, 2.05) is 25.1 Å². The van der Waals surface area contributed by atoms with Crippen LogP contribution in [-0.4, -0.2) is 37.1 Å². The van der Waals surface area contributed by atoms with Crippen LogP contribution in [-0.2, 0) is 4.74 Å². The molecule has 0 spiro atoms. The van der Waals surface area contributed by atoms with E-state index in [2.05, 4.69) is 18.7 Å². The van der Waals surface area contributed by atoms with Crippen LogP contribution < -0.4 is 0 Å². The number of carbonyl (C=O) groups is 1. The van der Waals surface area contributed by atoms with Gasteiger partial charge in [0.1, 0.15) is 6.61 Å². The van der Waals surface area contributed by atoms with Gasteiger partial charge in [-0.3, -0.25) is 0 Å². The molecule has 0 saturated carbocycles. The number of esters is 1. The molecule has 0 amide bonds. The smallest absolute Gasteiger partial charge is 0.338 e. The first-order valence-electron chi connectivity index (χ1n) is 6.13. The van der Waals surface area contributed by atoms with E-state index < -0.39 is 0 Å². The molecule has 0 bridgehead atoms. The molecule has 3 nitrogen and oxygen atoms in total. The molecule has 0 unspecified atom stereocenters. The van der Waals surface area contributed by atoms with Gasteiger partial charge in [-0.1, -0.05) is 31.5 Å². The summed E-state index contributed by atoms with van der Waals surface area (Å²) in [5, 5.41) is 0. The third-order valence-electron chi connectivity index (χ3n) is 2.79. The zero-order valence-corrected chi connectivity index (χ0v) is 12.1. The second-order valence-electron chi connectivity index (χ2n) is 4.03. The Bertz CT molecular complexity index is 365. The first kappa shape index (κ1) is 16.9. The van der Waals surface area contributed by atoms with Gasteiger partial charge in [-0.15, -0.1) is 12.4 Å². The highest BCUT2D eigenvalue weighted by atomic mass is 35.5. The predicted octanol–water partition coefficient (Wildman–Crippen LogP) is 2.92. The fraction of sp³-hybridized carbons (Fsp3) is 0.500. The number of hydrogen-bond acceptors (Lipinski definition) is 3. The molecular weight excluding hydrogens is 250 g/mol. The van der Waals surface area contributed by atoms with Crippen LogP contribution in [0, 0.1) is 6.92 Å². The van der Waals surface area contributed by atoms with Crippen LogP contribution >= 0.6 is 12.4 Å². The molecule has 0 atom stereocenters. The standard InChI is InChI=1S/C14H21NO2.ClH/c1-4-15(5-2)9-10-17-14(16)13-8-6-7-12(3)11-13;/h6-8,11H,4-5,9-10H2,1-3H3;1H. The van der Waals surface area contributed by atoms with Gasteiger partial charge in [0.25, 0.3) is 0 Å². The summed E-state index contributed by atoms with van der Waals surface area (Å²) in [4.78, 5) is 13.9. The average molecular weight is 272 g/mol. The predicted molar refractivity (Wildman–Crippen MR) is 76.5 cm³/mol. The lowest BCUT2D eigenvalue weighted by molar-refractivity contribution is 0.0466. The van der Waals surface area contributed by atoms with Gasteiger partial charge in [-0.25, -0.2) is 4.79 Å². The number of benzene rings is 1. The normalized spacial score (nSPS) is 10.0. The maximum Gasteiger partial charge on any atom is 0.338 e. The molecule has 1 aromatic carbocycles. The number of halogens is 1. The van der Waals surface area contributed by atoms with E-state index in [0.717, 1.165) is 25.2 Å². The molecule has 0 fully saturated rings. The van der Waals surface area contributed by atoms with E-state index in [1.165, 1.54) is 0 Å². The van der Waals surface area contributed by atoms with Crippen molar-refractivity contribution in [2.45, 2.75) is 20.8 Å². The molecule has 4 heteroatoms. The molecule has 0 saturated heterocycles. The van der Waals surface area contributed by atoms with Crippen LogP contribution in [0.15, 0.2) is 24.3 Å². The molecule has 0 N–H and O–H groups in total. The Kier molecular flexibility index (Phi) is 8.42. The molecule has 1 rings (SSSR count). The molecule has 18 heavy (non-hydrogen) atoms. The van der Waals surface area contributed by atoms with E-state index in [4.69, 9.17) is 4.74 Å². The van der Waals surface area contributed by atoms with Gasteiger partial charge in [0.2, 0.25) is 0 Å². The summed E-state index contributed by atoms with van der Waals surface area (Å²) >= 11 is 0. The topological polar surface area (TPSA) is 29.5 Å². The molecule has 0 aliphatic carbocycles. The summed E-state index contributed by atoms with van der Waals surface area (Å²) in [6, 6.07) is 7.47. The van der Waals surface area contributed by atoms with Gasteiger partial charge >= 0.3 is 5.97 Å². The van der Waals surface area contributed by atoms with E-state index in [1.54, 1.807) is 6.07 Å². The summed E-state index contributed by atoms with van der Waals surface area (Å²) < 4.78 is 5.24. The summed E-state index contributed by atoms with van der Waals surface area (Å²) in [5.41, 5.74) is 1.70. The van der Waals surface area contributed by atoms with Crippen molar-refractivity contribution in [2.75, 3.05) is 26.2 Å². The van der Waals surface area contributed by atoms with Crippen molar-refractivity contribution in [3.8, 4) is 0 Å². The average Bonchev–Trinajstić information content (AvgIpc) is 2.34. The Balaban J connectivity index is 0.00000289. The van der Waals surface area contributed by atoms with Crippen LogP contribution in [0.2, 0.25) is 0 Å². The Labute approximate surface area is 116 Å². The van der Waals surface area contributed by atoms with Crippen molar-refractivity contribution in [3.63, 3.8) is 0 Å². The van der Waals surface area contributed by atoms with E-state index in [0.29, 0.717) is 12.2 Å². The third-order valence-corrected chi connectivity index (χ3v) is 2.79. The van der Waals surface area contributed by atoms with Crippen molar-refractivity contribution in [2.24, 2.45) is 0 Å². The number of ether oxygens (including phenoxy) is 1. The van der Waals surface area contributed by atoms with Crippen molar-refractivity contribution in [1.82, 2.24) is 4.90 Å². The maximum atomic E-state index is 11.7. The van der Waals surface area contributed by atoms with Gasteiger partial charge in [-0.2, -0.15) is 0 Å². The molecule has 0 aliphatic rings. The lowest BCUT2D eigenvalue weighted by Gasteiger charge is -2.17. The minimum absolute atomic E-state index is 0. The monoisotopic (exact) mass is 271 g/mol. The molecule has 0 aliphatic heterocycles. The maximum absolute atomic E-state index is 11.7. The number of likely N-dealkylation sites (N-methyl/N-ethyl adjacent to an activating group) is 1. The van der Waals surface area contributed by atoms with E-state index >= 15 is 0 Å². The fourth-order valence-electron chi connectivity index (χ4n) is 1.66. The highest BCUT2D eigenvalue weighted by molar-refractivity contribution is 5.89. The highest BCUT2D eigenvalue weighted by Crippen LogP contribution is 2.05. The van der Waals surface area contributed by atoms with Crippen LogP contribution in [0.3, 0.4) is 0 Å². The number of aryl methyl sites for hydroxylation is 1. The number of carbonyl (C=O) groups excluding carboxylic acids is 1. The van der Waals surface area contributed by atoms with Crippen molar-refractivity contribution >= 4 is 18.4 Å². The second kappa shape index (κ2) is 8.95. The highest BCUT2D eigenvalue weighted by Gasteiger charge is 2.07. The molecule has 0 aromatic heterocycles. The van der Waals surface area contributed by atoms with Crippen molar-refractivity contribution in [3.05, 3.63) is 35.4 Å². The van der Waals surface area contributed by atoms with Gasteiger partial charge < -0.3 is 9.64 Å². The first-order valence-corrected chi connectivity index (χ1v) is 6.13. The summed E-state index contributed by atoms with van der Waals surface area (Å²) in [6.07, 6.45) is 0. The molecule has 1 aromatic rings. The quantitative estimate of drug-likeness (QED) is 0.745. The van der Waals surface area contributed by atoms with Crippen molar-refractivity contribution in [1.29, 1.82) is 0 Å². The molecule has 0 radical (unpaired) electrons. The largest absolute Gasteiger partial charge is 0.461 e. The molecular formula is C14H22ClNO2. The first-order chi connectivity index (χ1) is 8.17. The van der Waals surface area contributed by atoms with E-state index in [9.17, 15) is 4.79 Å². The van der Waals surface area contributed by atoms with Gasteiger partial charge in [0.05, 0.1) is 5.56 Å². The van der Waals surface area contributed by atoms with Gasteiger partial charge in [-0.05, 0) is 32.1 Å². The Morgan fingerprint density at radius 3 is 2.50 bits per heavy atom. The lowest BCUT2D eigenvalue weighted by Crippen LogP contribution is -2.27. The Hall–Kier alpha value is -1.06. The number of hydrogen-bond donors (Lipinski definition) is 0. The minimum Gasteiger partial charge on any atom is -0.461 e. The summed E-state index contributed by atoms with van der Waals surface area (Å²) in [6.45, 7) is 9.39. The molecule has 102 valence electrons. The minimum atomic E-state index is -0.235. The van der Waals surface area contributed by atoms with Crippen LogP contribution in [0.25, 0.3) is 0 Å². The van der Waals surface area contributed by atoms with Crippen molar-refractivity contribution < 1.29 is 9.53 Å². The fourth-order valence-corrected chi connectivity index (χ4v) is 1.66. The SMILES string of the molecule is CCN(CC)CCOC(=O)c1cccc(C)c1.Cl. The third kappa shape index (κ3) is 5.52. The zero-order chi connectivity index (χ0) is 12.7. The number of rotatable bonds is 6. The van der Waals surface area contributed by atoms with Crippen LogP contribution in [0.5, 0.6) is 0 Å². The van der Waals surface area contributed by atoms with Gasteiger partial charge in [0.15, 0.2) is 0 Å². The van der Waals surface area contributed by atoms with E-state index in [-0.39, 0.29) is 18.4 Å². The number of nitrogens with zero attached hydrogens (tertiary/aromatic N) is 1. The lowest BCUT2D eigenvalue weighted by atomic mass is 10.1.